The average molecular weight is 281 g/mol. The molecule has 1 unspecified atom stereocenters. The number of hydrogen-bond acceptors (Lipinski definition) is 2. The Morgan fingerprint density at radius 2 is 2.06 bits per heavy atom. The van der Waals surface area contributed by atoms with Gasteiger partial charge in [-0.3, -0.25) is 0 Å². The Morgan fingerprint density at radius 1 is 1.38 bits per heavy atom. The van der Waals surface area contributed by atoms with Crippen LogP contribution in [0.4, 0.5) is 0 Å². The molecule has 2 rings (SSSR count). The fourth-order valence-corrected chi connectivity index (χ4v) is 1.79. The molecule has 0 aliphatic rings. The van der Waals surface area contributed by atoms with Crippen molar-refractivity contribution >= 4 is 15.9 Å². The summed E-state index contributed by atoms with van der Waals surface area (Å²) in [4.78, 5) is 0. The lowest BCUT2D eigenvalue weighted by Crippen LogP contribution is -2.00. The molecule has 4 heteroatoms. The second-order valence-electron chi connectivity index (χ2n) is 3.78. The van der Waals surface area contributed by atoms with Crippen LogP contribution in [0.2, 0.25) is 0 Å². The number of aliphatic hydroxyl groups is 1. The smallest absolute Gasteiger partial charge is 0.0646 e. The zero-order chi connectivity index (χ0) is 11.5. The molecule has 16 heavy (non-hydrogen) atoms. The number of nitrogens with zero attached hydrogens (tertiary/aromatic N) is 2. The molecule has 2 aromatic rings. The predicted octanol–water partition coefficient (Wildman–Crippen LogP) is 2.73. The van der Waals surface area contributed by atoms with E-state index in [2.05, 4.69) is 21.0 Å². The van der Waals surface area contributed by atoms with Crippen LogP contribution < -0.4 is 0 Å². The van der Waals surface area contributed by atoms with Crippen LogP contribution in [0.1, 0.15) is 18.4 Å². The third kappa shape index (κ3) is 2.33. The summed E-state index contributed by atoms with van der Waals surface area (Å²) in [6, 6.07) is 8.04. The van der Waals surface area contributed by atoms with Gasteiger partial charge in [-0.05, 0) is 33.6 Å². The van der Waals surface area contributed by atoms with Gasteiger partial charge in [0.05, 0.1) is 16.4 Å². The van der Waals surface area contributed by atoms with E-state index in [0.717, 1.165) is 15.7 Å². The quantitative estimate of drug-likeness (QED) is 0.939. The monoisotopic (exact) mass is 280 g/mol. The first kappa shape index (κ1) is 11.4. The fourth-order valence-electron chi connectivity index (χ4n) is 1.50. The maximum atomic E-state index is 9.05. The van der Waals surface area contributed by atoms with Gasteiger partial charge < -0.3 is 5.11 Å². The van der Waals surface area contributed by atoms with E-state index in [1.165, 1.54) is 0 Å². The molecule has 0 saturated carbocycles. The van der Waals surface area contributed by atoms with Crippen LogP contribution in [-0.4, -0.2) is 21.5 Å². The van der Waals surface area contributed by atoms with E-state index in [0.29, 0.717) is 0 Å². The summed E-state index contributed by atoms with van der Waals surface area (Å²) in [5, 5.41) is 13.3. The van der Waals surface area contributed by atoms with Gasteiger partial charge in [0.1, 0.15) is 0 Å². The van der Waals surface area contributed by atoms with Gasteiger partial charge in [-0.2, -0.15) is 5.10 Å². The highest BCUT2D eigenvalue weighted by atomic mass is 79.9. The summed E-state index contributed by atoms with van der Waals surface area (Å²) >= 11 is 3.36. The number of benzene rings is 1. The molecular formula is C12H13BrN2O. The highest BCUT2D eigenvalue weighted by Crippen LogP contribution is 2.17. The molecule has 3 nitrogen and oxygen atoms in total. The molecule has 0 spiro atoms. The molecule has 0 amide bonds. The number of aromatic nitrogens is 2. The molecule has 0 fully saturated rings. The molecule has 1 aromatic heterocycles. The third-order valence-electron chi connectivity index (χ3n) is 2.55. The zero-order valence-electron chi connectivity index (χ0n) is 8.97. The van der Waals surface area contributed by atoms with Crippen molar-refractivity contribution in [1.29, 1.82) is 0 Å². The minimum absolute atomic E-state index is 0.173. The van der Waals surface area contributed by atoms with Gasteiger partial charge in [-0.15, -0.1) is 0 Å². The summed E-state index contributed by atoms with van der Waals surface area (Å²) in [5.74, 6) is 0.179. The van der Waals surface area contributed by atoms with Crippen molar-refractivity contribution in [2.24, 2.45) is 0 Å². The molecule has 0 aliphatic carbocycles. The molecule has 1 heterocycles. The van der Waals surface area contributed by atoms with E-state index in [1.807, 2.05) is 37.4 Å². The van der Waals surface area contributed by atoms with Crippen LogP contribution in [0.15, 0.2) is 41.1 Å². The Hall–Kier alpha value is -1.13. The van der Waals surface area contributed by atoms with Crippen molar-refractivity contribution in [3.63, 3.8) is 0 Å². The Morgan fingerprint density at radius 3 is 2.56 bits per heavy atom. The molecule has 1 atom stereocenters. The Bertz CT molecular complexity index is 464. The number of rotatable bonds is 3. The standard InChI is InChI=1S/C12H13BrN2O/c1-9(8-16)10-2-4-12(5-3-10)15-7-11(13)6-14-15/h2-7,9,16H,8H2,1H3. The zero-order valence-corrected chi connectivity index (χ0v) is 10.6. The summed E-state index contributed by atoms with van der Waals surface area (Å²) in [5.41, 5.74) is 2.15. The number of hydrogen-bond donors (Lipinski definition) is 1. The van der Waals surface area contributed by atoms with E-state index < -0.39 is 0 Å². The molecule has 0 bridgehead atoms. The maximum absolute atomic E-state index is 9.05. The third-order valence-corrected chi connectivity index (χ3v) is 2.96. The van der Waals surface area contributed by atoms with E-state index in [9.17, 15) is 0 Å². The van der Waals surface area contributed by atoms with Crippen LogP contribution in [0.3, 0.4) is 0 Å². The van der Waals surface area contributed by atoms with Crippen LogP contribution in [0, 0.1) is 0 Å². The van der Waals surface area contributed by atoms with Crippen LogP contribution in [0.25, 0.3) is 5.69 Å². The first-order valence-electron chi connectivity index (χ1n) is 5.12. The second kappa shape index (κ2) is 4.80. The lowest BCUT2D eigenvalue weighted by molar-refractivity contribution is 0.273. The molecule has 1 N–H and O–H groups in total. The van der Waals surface area contributed by atoms with Crippen molar-refractivity contribution in [2.45, 2.75) is 12.8 Å². The normalized spacial score (nSPS) is 12.7. The lowest BCUT2D eigenvalue weighted by atomic mass is 10.0. The molecule has 0 radical (unpaired) electrons. The summed E-state index contributed by atoms with van der Waals surface area (Å²) in [6.45, 7) is 2.17. The molecular weight excluding hydrogens is 268 g/mol. The van der Waals surface area contributed by atoms with E-state index >= 15 is 0 Å². The highest BCUT2D eigenvalue weighted by molar-refractivity contribution is 9.10. The summed E-state index contributed by atoms with van der Waals surface area (Å²) < 4.78 is 2.76. The van der Waals surface area contributed by atoms with Crippen molar-refractivity contribution in [3.05, 3.63) is 46.7 Å². The largest absolute Gasteiger partial charge is 0.396 e. The Labute approximate surface area is 103 Å². The molecule has 84 valence electrons. The van der Waals surface area contributed by atoms with Gasteiger partial charge in [-0.1, -0.05) is 19.1 Å². The topological polar surface area (TPSA) is 38.0 Å². The number of halogens is 1. The molecule has 0 aliphatic heterocycles. The van der Waals surface area contributed by atoms with Gasteiger partial charge >= 0.3 is 0 Å². The van der Waals surface area contributed by atoms with Crippen LogP contribution >= 0.6 is 15.9 Å². The van der Waals surface area contributed by atoms with Gasteiger partial charge in [0, 0.05) is 18.7 Å². The highest BCUT2D eigenvalue weighted by Gasteiger charge is 2.04. The van der Waals surface area contributed by atoms with Crippen LogP contribution in [0.5, 0.6) is 0 Å². The van der Waals surface area contributed by atoms with E-state index in [4.69, 9.17) is 5.11 Å². The molecule has 0 saturated heterocycles. The summed E-state index contributed by atoms with van der Waals surface area (Å²) in [6.07, 6.45) is 3.66. The van der Waals surface area contributed by atoms with Gasteiger partial charge in [0.25, 0.3) is 0 Å². The van der Waals surface area contributed by atoms with E-state index in [1.54, 1.807) is 10.9 Å². The lowest BCUT2D eigenvalue weighted by Gasteiger charge is -2.09. The van der Waals surface area contributed by atoms with Crippen molar-refractivity contribution in [3.8, 4) is 5.69 Å². The van der Waals surface area contributed by atoms with Gasteiger partial charge in [-0.25, -0.2) is 4.68 Å². The fraction of sp³-hybridized carbons (Fsp3) is 0.250. The number of aliphatic hydroxyl groups excluding tert-OH is 1. The Kier molecular flexibility index (Phi) is 3.41. The first-order valence-corrected chi connectivity index (χ1v) is 5.91. The van der Waals surface area contributed by atoms with E-state index in [-0.39, 0.29) is 12.5 Å². The van der Waals surface area contributed by atoms with Crippen molar-refractivity contribution < 1.29 is 5.11 Å². The molecule has 1 aromatic carbocycles. The minimum Gasteiger partial charge on any atom is -0.396 e. The van der Waals surface area contributed by atoms with Gasteiger partial charge in [0.15, 0.2) is 0 Å². The van der Waals surface area contributed by atoms with Crippen molar-refractivity contribution in [2.75, 3.05) is 6.61 Å². The van der Waals surface area contributed by atoms with Crippen molar-refractivity contribution in [1.82, 2.24) is 9.78 Å². The Balaban J connectivity index is 2.25. The maximum Gasteiger partial charge on any atom is 0.0646 e. The predicted molar refractivity (Wildman–Crippen MR) is 66.8 cm³/mol. The second-order valence-corrected chi connectivity index (χ2v) is 4.69. The summed E-state index contributed by atoms with van der Waals surface area (Å²) in [7, 11) is 0. The minimum atomic E-state index is 0.173. The average Bonchev–Trinajstić information content (AvgIpc) is 2.75. The van der Waals surface area contributed by atoms with Crippen LogP contribution in [-0.2, 0) is 0 Å². The first-order chi connectivity index (χ1) is 7.70. The SMILES string of the molecule is CC(CO)c1ccc(-n2cc(Br)cn2)cc1. The van der Waals surface area contributed by atoms with Gasteiger partial charge in [0.2, 0.25) is 0 Å².